The van der Waals surface area contributed by atoms with Crippen LogP contribution in [0.3, 0.4) is 0 Å². The highest BCUT2D eigenvalue weighted by Crippen LogP contribution is 2.17. The summed E-state index contributed by atoms with van der Waals surface area (Å²) in [7, 11) is 0. The Morgan fingerprint density at radius 1 is 1.26 bits per heavy atom. The normalized spacial score (nSPS) is 10.9. The summed E-state index contributed by atoms with van der Waals surface area (Å²) in [5, 5.41) is 0. The fraction of sp³-hybridized carbons (Fsp3) is 0.222. The first kappa shape index (κ1) is 15.2. The highest BCUT2D eigenvalue weighted by Gasteiger charge is 2.16. The lowest BCUT2D eigenvalue weighted by atomic mass is 10.2. The van der Waals surface area contributed by atoms with Crippen LogP contribution in [0.1, 0.15) is 18.2 Å². The fourth-order valence-electron chi connectivity index (χ4n) is 2.65. The third-order valence-electron chi connectivity index (χ3n) is 3.73. The summed E-state index contributed by atoms with van der Waals surface area (Å²) < 4.78 is 14.8. The van der Waals surface area contributed by atoms with Gasteiger partial charge in [0.1, 0.15) is 11.5 Å². The molecule has 2 aromatic heterocycles. The van der Waals surface area contributed by atoms with E-state index in [1.807, 2.05) is 38.1 Å². The van der Waals surface area contributed by atoms with Gasteiger partial charge in [-0.15, -0.1) is 0 Å². The SMILES string of the molecule is CCN(C(=O)Cc1cn2cc(F)ccc2n1)c1cccc(C)c1. The fourth-order valence-corrected chi connectivity index (χ4v) is 2.65. The Bertz CT molecular complexity index is 856. The van der Waals surface area contributed by atoms with Crippen LogP contribution in [0.4, 0.5) is 10.1 Å². The molecule has 1 amide bonds. The largest absolute Gasteiger partial charge is 0.312 e. The van der Waals surface area contributed by atoms with Crippen molar-refractivity contribution in [3.63, 3.8) is 0 Å². The van der Waals surface area contributed by atoms with Gasteiger partial charge in [0, 0.05) is 24.6 Å². The summed E-state index contributed by atoms with van der Waals surface area (Å²) >= 11 is 0. The van der Waals surface area contributed by atoms with Crippen molar-refractivity contribution in [3.05, 3.63) is 65.9 Å². The van der Waals surface area contributed by atoms with Crippen molar-refractivity contribution in [1.82, 2.24) is 9.38 Å². The van der Waals surface area contributed by atoms with Crippen molar-refractivity contribution >= 4 is 17.2 Å². The number of hydrogen-bond acceptors (Lipinski definition) is 2. The summed E-state index contributed by atoms with van der Waals surface area (Å²) in [5.74, 6) is -0.357. The minimum Gasteiger partial charge on any atom is -0.312 e. The number of pyridine rings is 1. The zero-order valence-corrected chi connectivity index (χ0v) is 13.2. The minimum atomic E-state index is -0.331. The number of rotatable bonds is 4. The number of imidazole rings is 1. The highest BCUT2D eigenvalue weighted by molar-refractivity contribution is 5.94. The van der Waals surface area contributed by atoms with Gasteiger partial charge >= 0.3 is 0 Å². The molecule has 0 bridgehead atoms. The molecule has 0 unspecified atom stereocenters. The second-order valence-electron chi connectivity index (χ2n) is 5.50. The van der Waals surface area contributed by atoms with Crippen molar-refractivity contribution in [2.24, 2.45) is 0 Å². The van der Waals surface area contributed by atoms with Crippen LogP contribution in [0.5, 0.6) is 0 Å². The van der Waals surface area contributed by atoms with Crippen molar-refractivity contribution in [2.45, 2.75) is 20.3 Å². The number of halogens is 1. The maximum atomic E-state index is 13.2. The third kappa shape index (κ3) is 3.23. The van der Waals surface area contributed by atoms with Crippen LogP contribution in [0.15, 0.2) is 48.8 Å². The van der Waals surface area contributed by atoms with E-state index < -0.39 is 0 Å². The van der Waals surface area contributed by atoms with Gasteiger partial charge in [0.05, 0.1) is 12.1 Å². The highest BCUT2D eigenvalue weighted by atomic mass is 19.1. The number of aromatic nitrogens is 2. The van der Waals surface area contributed by atoms with Gasteiger partial charge < -0.3 is 9.30 Å². The standard InChI is InChI=1S/C18H18FN3O/c1-3-22(16-6-4-5-13(2)9-16)18(23)10-15-12-21-11-14(19)7-8-17(21)20-15/h4-9,11-12H,3,10H2,1-2H3. The number of anilines is 1. The number of benzene rings is 1. The first-order chi connectivity index (χ1) is 11.1. The molecular weight excluding hydrogens is 293 g/mol. The molecule has 2 heterocycles. The molecule has 1 aromatic carbocycles. The second-order valence-corrected chi connectivity index (χ2v) is 5.50. The van der Waals surface area contributed by atoms with E-state index >= 15 is 0 Å². The molecule has 0 aliphatic rings. The van der Waals surface area contributed by atoms with E-state index in [1.165, 1.54) is 12.3 Å². The molecule has 3 aromatic rings. The number of nitrogens with zero attached hydrogens (tertiary/aromatic N) is 3. The van der Waals surface area contributed by atoms with E-state index in [0.717, 1.165) is 11.3 Å². The Morgan fingerprint density at radius 2 is 2.09 bits per heavy atom. The monoisotopic (exact) mass is 311 g/mol. The molecule has 0 fully saturated rings. The smallest absolute Gasteiger partial charge is 0.233 e. The van der Waals surface area contributed by atoms with Gasteiger partial charge in [0.2, 0.25) is 5.91 Å². The van der Waals surface area contributed by atoms with Gasteiger partial charge in [-0.05, 0) is 43.7 Å². The number of aryl methyl sites for hydroxylation is 1. The molecule has 23 heavy (non-hydrogen) atoms. The van der Waals surface area contributed by atoms with Crippen molar-refractivity contribution in [2.75, 3.05) is 11.4 Å². The van der Waals surface area contributed by atoms with E-state index in [-0.39, 0.29) is 18.1 Å². The van der Waals surface area contributed by atoms with Crippen molar-refractivity contribution in [3.8, 4) is 0 Å². The number of carbonyl (C=O) groups is 1. The molecule has 0 radical (unpaired) electrons. The van der Waals surface area contributed by atoms with E-state index in [0.29, 0.717) is 17.9 Å². The quantitative estimate of drug-likeness (QED) is 0.741. The predicted octanol–water partition coefficient (Wildman–Crippen LogP) is 3.38. The van der Waals surface area contributed by atoms with Gasteiger partial charge in [-0.3, -0.25) is 4.79 Å². The summed E-state index contributed by atoms with van der Waals surface area (Å²) in [6.45, 7) is 4.53. The van der Waals surface area contributed by atoms with Gasteiger partial charge in [-0.25, -0.2) is 9.37 Å². The lowest BCUT2D eigenvalue weighted by Crippen LogP contribution is -2.32. The maximum Gasteiger partial charge on any atom is 0.233 e. The van der Waals surface area contributed by atoms with Crippen LogP contribution in [0.2, 0.25) is 0 Å². The maximum absolute atomic E-state index is 13.2. The molecule has 0 aliphatic carbocycles. The van der Waals surface area contributed by atoms with Gasteiger partial charge in [0.25, 0.3) is 0 Å². The topological polar surface area (TPSA) is 37.6 Å². The Hall–Kier alpha value is -2.69. The lowest BCUT2D eigenvalue weighted by molar-refractivity contribution is -0.118. The molecule has 0 aliphatic heterocycles. The molecule has 0 saturated carbocycles. The van der Waals surface area contributed by atoms with Gasteiger partial charge in [-0.2, -0.15) is 0 Å². The summed E-state index contributed by atoms with van der Waals surface area (Å²) in [6.07, 6.45) is 3.24. The Balaban J connectivity index is 1.83. The van der Waals surface area contributed by atoms with E-state index in [4.69, 9.17) is 0 Å². The first-order valence-corrected chi connectivity index (χ1v) is 7.57. The zero-order valence-electron chi connectivity index (χ0n) is 13.2. The molecule has 0 atom stereocenters. The van der Waals surface area contributed by atoms with Crippen LogP contribution in [-0.2, 0) is 11.2 Å². The lowest BCUT2D eigenvalue weighted by Gasteiger charge is -2.21. The summed E-state index contributed by atoms with van der Waals surface area (Å²) in [6, 6.07) is 10.8. The third-order valence-corrected chi connectivity index (χ3v) is 3.73. The van der Waals surface area contributed by atoms with Crippen LogP contribution in [0, 0.1) is 12.7 Å². The second kappa shape index (κ2) is 6.20. The van der Waals surface area contributed by atoms with E-state index in [1.54, 1.807) is 21.6 Å². The van der Waals surface area contributed by atoms with Gasteiger partial charge in [0.15, 0.2) is 0 Å². The summed E-state index contributed by atoms with van der Waals surface area (Å²) in [5.41, 5.74) is 3.25. The average Bonchev–Trinajstić information content (AvgIpc) is 2.89. The van der Waals surface area contributed by atoms with Crippen LogP contribution >= 0.6 is 0 Å². The molecular formula is C18H18FN3O. The zero-order chi connectivity index (χ0) is 16.4. The predicted molar refractivity (Wildman–Crippen MR) is 88.1 cm³/mol. The molecule has 0 N–H and O–H groups in total. The molecule has 3 rings (SSSR count). The molecule has 0 saturated heterocycles. The molecule has 4 nitrogen and oxygen atoms in total. The van der Waals surface area contributed by atoms with E-state index in [9.17, 15) is 9.18 Å². The molecule has 5 heteroatoms. The number of fused-ring (bicyclic) bond motifs is 1. The van der Waals surface area contributed by atoms with Gasteiger partial charge in [-0.1, -0.05) is 12.1 Å². The van der Waals surface area contributed by atoms with Crippen LogP contribution in [0.25, 0.3) is 5.65 Å². The number of amides is 1. The molecule has 118 valence electrons. The van der Waals surface area contributed by atoms with Crippen LogP contribution in [-0.4, -0.2) is 21.8 Å². The Labute approximate surface area is 134 Å². The number of hydrogen-bond donors (Lipinski definition) is 0. The minimum absolute atomic E-state index is 0.0259. The average molecular weight is 311 g/mol. The summed E-state index contributed by atoms with van der Waals surface area (Å²) in [4.78, 5) is 18.7. The Morgan fingerprint density at radius 3 is 2.83 bits per heavy atom. The number of carbonyl (C=O) groups excluding carboxylic acids is 1. The molecule has 0 spiro atoms. The van der Waals surface area contributed by atoms with E-state index in [2.05, 4.69) is 4.98 Å². The number of likely N-dealkylation sites (N-methyl/N-ethyl adjacent to an activating group) is 1. The van der Waals surface area contributed by atoms with Crippen molar-refractivity contribution < 1.29 is 9.18 Å². The Kier molecular flexibility index (Phi) is 4.10. The first-order valence-electron chi connectivity index (χ1n) is 7.57. The van der Waals surface area contributed by atoms with Crippen molar-refractivity contribution in [1.29, 1.82) is 0 Å². The van der Waals surface area contributed by atoms with Crippen LogP contribution < -0.4 is 4.90 Å².